The molecule has 0 radical (unpaired) electrons. The van der Waals surface area contributed by atoms with Crippen LogP contribution in [-0.4, -0.2) is 33.3 Å². The van der Waals surface area contributed by atoms with Gasteiger partial charge in [0.15, 0.2) is 0 Å². The molecular weight excluding hydrogens is 333 g/mol. The predicted molar refractivity (Wildman–Crippen MR) is 104 cm³/mol. The highest BCUT2D eigenvalue weighted by Gasteiger charge is 2.13. The minimum Gasteiger partial charge on any atom is -0.350 e. The molecule has 3 N–H and O–H groups in total. The van der Waals surface area contributed by atoms with E-state index in [0.717, 1.165) is 5.57 Å². The van der Waals surface area contributed by atoms with Crippen LogP contribution < -0.4 is 16.1 Å². The van der Waals surface area contributed by atoms with Gasteiger partial charge in [-0.15, -0.1) is 0 Å². The van der Waals surface area contributed by atoms with Crippen LogP contribution in [0.1, 0.15) is 33.3 Å². The summed E-state index contributed by atoms with van der Waals surface area (Å²) < 4.78 is 13.6. The zero-order valence-electron chi connectivity index (χ0n) is 15.5. The monoisotopic (exact) mass is 357 g/mol. The van der Waals surface area contributed by atoms with E-state index in [4.69, 9.17) is 0 Å². The molecule has 7 nitrogen and oxygen atoms in total. The van der Waals surface area contributed by atoms with Crippen LogP contribution in [0.3, 0.4) is 0 Å². The summed E-state index contributed by atoms with van der Waals surface area (Å²) in [5, 5.41) is 10.3. The Hall–Kier alpha value is -3.03. The fraction of sp³-hybridized carbons (Fsp3) is 0.333. The number of nitrogens with one attached hydrogen (secondary N) is 3. The summed E-state index contributed by atoms with van der Waals surface area (Å²) in [7, 11) is 0. The van der Waals surface area contributed by atoms with Gasteiger partial charge in [0, 0.05) is 17.6 Å². The van der Waals surface area contributed by atoms with Crippen molar-refractivity contribution in [3.05, 3.63) is 47.8 Å². The van der Waals surface area contributed by atoms with E-state index < -0.39 is 0 Å². The maximum absolute atomic E-state index is 13.6. The fourth-order valence-corrected chi connectivity index (χ4v) is 1.87. The van der Waals surface area contributed by atoms with Gasteiger partial charge in [0.05, 0.1) is 6.21 Å². The van der Waals surface area contributed by atoms with Crippen molar-refractivity contribution < 1.29 is 4.39 Å². The molecule has 0 amide bonds. The molecule has 0 saturated carbocycles. The molecule has 1 heterocycles. The number of hydrogen-bond donors (Lipinski definition) is 3. The second kappa shape index (κ2) is 8.37. The topological polar surface area (TPSA) is 87.1 Å². The van der Waals surface area contributed by atoms with E-state index in [2.05, 4.69) is 42.7 Å². The molecule has 8 heteroatoms. The molecule has 0 aliphatic carbocycles. The highest BCUT2D eigenvalue weighted by molar-refractivity contribution is 5.80. The van der Waals surface area contributed by atoms with Gasteiger partial charge in [-0.1, -0.05) is 30.4 Å². The zero-order valence-corrected chi connectivity index (χ0v) is 15.5. The SMILES string of the molecule is C=C(C)CNc1nc(N/N=C/c2ccccc2F)nc(NC(C)(C)C)n1. The lowest BCUT2D eigenvalue weighted by Gasteiger charge is -2.20. The maximum Gasteiger partial charge on any atom is 0.250 e. The van der Waals surface area contributed by atoms with E-state index in [1.165, 1.54) is 12.3 Å². The van der Waals surface area contributed by atoms with Crippen molar-refractivity contribution in [3.63, 3.8) is 0 Å². The van der Waals surface area contributed by atoms with E-state index in [9.17, 15) is 4.39 Å². The second-order valence-corrected chi connectivity index (χ2v) is 6.88. The van der Waals surface area contributed by atoms with Crippen LogP contribution in [0.2, 0.25) is 0 Å². The average Bonchev–Trinajstić information content (AvgIpc) is 2.53. The smallest absolute Gasteiger partial charge is 0.250 e. The quantitative estimate of drug-likeness (QED) is 0.398. The molecule has 0 fully saturated rings. The Bertz CT molecular complexity index is 796. The first-order valence-electron chi connectivity index (χ1n) is 8.19. The van der Waals surface area contributed by atoms with Crippen molar-refractivity contribution in [2.75, 3.05) is 22.6 Å². The molecule has 1 aromatic heterocycles. The van der Waals surface area contributed by atoms with Crippen LogP contribution >= 0.6 is 0 Å². The molecule has 0 aliphatic rings. The highest BCUT2D eigenvalue weighted by Crippen LogP contribution is 2.14. The Morgan fingerprint density at radius 3 is 2.46 bits per heavy atom. The van der Waals surface area contributed by atoms with E-state index in [1.807, 2.05) is 27.7 Å². The summed E-state index contributed by atoms with van der Waals surface area (Å²) in [4.78, 5) is 12.9. The standard InChI is InChI=1S/C18H24FN7/c1-12(2)10-20-15-22-16(25-18(3,4)5)24-17(23-15)26-21-11-13-8-6-7-9-14(13)19/h6-9,11H,1,10H2,2-5H3,(H3,20,22,23,24,25,26)/b21-11+. The molecule has 0 unspecified atom stereocenters. The number of hydrazone groups is 1. The second-order valence-electron chi connectivity index (χ2n) is 6.88. The Morgan fingerprint density at radius 1 is 1.15 bits per heavy atom. The van der Waals surface area contributed by atoms with E-state index in [0.29, 0.717) is 24.0 Å². The van der Waals surface area contributed by atoms with Gasteiger partial charge in [0.25, 0.3) is 0 Å². The summed E-state index contributed by atoms with van der Waals surface area (Å²) in [6, 6.07) is 6.35. The molecule has 2 aromatic rings. The average molecular weight is 357 g/mol. The summed E-state index contributed by atoms with van der Waals surface area (Å²) in [5.41, 5.74) is 3.80. The minimum absolute atomic E-state index is 0.222. The van der Waals surface area contributed by atoms with Gasteiger partial charge >= 0.3 is 0 Å². The summed E-state index contributed by atoms with van der Waals surface area (Å²) in [6.45, 7) is 12.3. The molecule has 2 rings (SSSR count). The van der Waals surface area contributed by atoms with Crippen LogP contribution in [0.5, 0.6) is 0 Å². The summed E-state index contributed by atoms with van der Waals surface area (Å²) >= 11 is 0. The van der Waals surface area contributed by atoms with Crippen molar-refractivity contribution in [1.82, 2.24) is 15.0 Å². The Kier molecular flexibility index (Phi) is 6.21. The summed E-state index contributed by atoms with van der Waals surface area (Å²) in [6.07, 6.45) is 1.37. The lowest BCUT2D eigenvalue weighted by molar-refractivity contribution is 0.625. The number of benzene rings is 1. The molecular formula is C18H24FN7. The molecule has 0 saturated heterocycles. The third kappa shape index (κ3) is 6.46. The Balaban J connectivity index is 2.19. The highest BCUT2D eigenvalue weighted by atomic mass is 19.1. The zero-order chi connectivity index (χ0) is 19.2. The van der Waals surface area contributed by atoms with E-state index >= 15 is 0 Å². The number of nitrogens with zero attached hydrogens (tertiary/aromatic N) is 4. The normalized spacial score (nSPS) is 11.4. The third-order valence-electron chi connectivity index (χ3n) is 2.94. The van der Waals surface area contributed by atoms with E-state index in [-0.39, 0.29) is 17.3 Å². The van der Waals surface area contributed by atoms with E-state index in [1.54, 1.807) is 18.2 Å². The van der Waals surface area contributed by atoms with Crippen molar-refractivity contribution in [1.29, 1.82) is 0 Å². The summed E-state index contributed by atoms with van der Waals surface area (Å²) in [5.74, 6) is 0.676. The third-order valence-corrected chi connectivity index (χ3v) is 2.94. The Labute approximate surface area is 152 Å². The largest absolute Gasteiger partial charge is 0.350 e. The van der Waals surface area contributed by atoms with Gasteiger partial charge in [-0.2, -0.15) is 20.1 Å². The molecule has 26 heavy (non-hydrogen) atoms. The lowest BCUT2D eigenvalue weighted by Crippen LogP contribution is -2.28. The number of halogens is 1. The first kappa shape index (κ1) is 19.3. The van der Waals surface area contributed by atoms with Crippen molar-refractivity contribution >= 4 is 24.1 Å². The first-order valence-corrected chi connectivity index (χ1v) is 8.19. The van der Waals surface area contributed by atoms with Gasteiger partial charge in [0.2, 0.25) is 17.8 Å². The molecule has 1 aromatic carbocycles. The van der Waals surface area contributed by atoms with Gasteiger partial charge in [-0.3, -0.25) is 0 Å². The fourth-order valence-electron chi connectivity index (χ4n) is 1.87. The van der Waals surface area contributed by atoms with Crippen molar-refractivity contribution in [2.45, 2.75) is 33.2 Å². The minimum atomic E-state index is -0.354. The van der Waals surface area contributed by atoms with Crippen molar-refractivity contribution in [2.24, 2.45) is 5.10 Å². The van der Waals surface area contributed by atoms with Gasteiger partial charge in [-0.05, 0) is 33.8 Å². The number of hydrogen-bond acceptors (Lipinski definition) is 7. The van der Waals surface area contributed by atoms with Gasteiger partial charge in [-0.25, -0.2) is 9.82 Å². The van der Waals surface area contributed by atoms with Gasteiger partial charge < -0.3 is 10.6 Å². The van der Waals surface area contributed by atoms with Gasteiger partial charge in [0.1, 0.15) is 5.82 Å². The molecule has 0 spiro atoms. The first-order chi connectivity index (χ1) is 12.2. The predicted octanol–water partition coefficient (Wildman–Crippen LogP) is 3.66. The van der Waals surface area contributed by atoms with Crippen LogP contribution in [0.15, 0.2) is 41.5 Å². The number of anilines is 3. The van der Waals surface area contributed by atoms with Crippen LogP contribution in [0.4, 0.5) is 22.2 Å². The Morgan fingerprint density at radius 2 is 1.81 bits per heavy atom. The molecule has 138 valence electrons. The number of aromatic nitrogens is 3. The lowest BCUT2D eigenvalue weighted by atomic mass is 10.1. The maximum atomic E-state index is 13.6. The van der Waals surface area contributed by atoms with Crippen LogP contribution in [0, 0.1) is 5.82 Å². The van der Waals surface area contributed by atoms with Crippen LogP contribution in [0.25, 0.3) is 0 Å². The molecule has 0 atom stereocenters. The van der Waals surface area contributed by atoms with Crippen molar-refractivity contribution in [3.8, 4) is 0 Å². The van der Waals surface area contributed by atoms with Crippen LogP contribution in [-0.2, 0) is 0 Å². The molecule has 0 bridgehead atoms. The molecule has 0 aliphatic heterocycles. The number of rotatable bonds is 7.